The van der Waals surface area contributed by atoms with Crippen LogP contribution in [0.2, 0.25) is 0 Å². The van der Waals surface area contributed by atoms with E-state index in [0.29, 0.717) is 0 Å². The third-order valence-corrected chi connectivity index (χ3v) is 11.5. The van der Waals surface area contributed by atoms with E-state index in [-0.39, 0.29) is 0 Å². The highest BCUT2D eigenvalue weighted by molar-refractivity contribution is 5.81. The average Bonchev–Trinajstić information content (AvgIpc) is 3.37. The average molecular weight is 808 g/mol. The number of rotatable bonds is 10. The maximum absolute atomic E-state index is 2.32. The van der Waals surface area contributed by atoms with Crippen LogP contribution in [-0.4, -0.2) is 0 Å². The summed E-state index contributed by atoms with van der Waals surface area (Å²) in [5, 5.41) is 0. The van der Waals surface area contributed by atoms with E-state index in [9.17, 15) is 0 Å². The Morgan fingerprint density at radius 2 is 0.429 bits per heavy atom. The van der Waals surface area contributed by atoms with Crippen molar-refractivity contribution in [3.8, 4) is 55.6 Å². The lowest BCUT2D eigenvalue weighted by Gasteiger charge is -2.26. The highest BCUT2D eigenvalue weighted by Gasteiger charge is 2.14. The fourth-order valence-corrected chi connectivity index (χ4v) is 7.99. The van der Waals surface area contributed by atoms with Gasteiger partial charge in [-0.25, -0.2) is 0 Å². The molecular weight excluding hydrogens is 759 g/mol. The molecule has 1 nitrogen and oxygen atoms in total. The smallest absolute Gasteiger partial charge is 0.0462 e. The molecule has 0 aromatic heterocycles. The van der Waals surface area contributed by atoms with Crippen LogP contribution in [0.1, 0.15) is 16.7 Å². The Kier molecular flexibility index (Phi) is 12.6. The summed E-state index contributed by atoms with van der Waals surface area (Å²) in [6, 6.07) is 95.1. The minimum absolute atomic E-state index is 0.962. The van der Waals surface area contributed by atoms with Crippen LogP contribution in [0.4, 0.5) is 17.1 Å². The van der Waals surface area contributed by atoms with Crippen LogP contribution in [-0.2, 0) is 6.42 Å². The maximum atomic E-state index is 2.32. The van der Waals surface area contributed by atoms with Crippen LogP contribution >= 0.6 is 0 Å². The van der Waals surface area contributed by atoms with Crippen LogP contribution < -0.4 is 4.90 Å². The first kappa shape index (κ1) is 40.4. The van der Waals surface area contributed by atoms with Crippen molar-refractivity contribution in [1.82, 2.24) is 0 Å². The predicted octanol–water partition coefficient (Wildman–Crippen LogP) is 17.1. The topological polar surface area (TPSA) is 3.24 Å². The molecule has 0 fully saturated rings. The zero-order valence-electron chi connectivity index (χ0n) is 35.6. The van der Waals surface area contributed by atoms with Crippen molar-refractivity contribution in [3.05, 3.63) is 284 Å². The summed E-state index contributed by atoms with van der Waals surface area (Å²) in [5.41, 5.74) is 19.7. The minimum Gasteiger partial charge on any atom is -0.311 e. The van der Waals surface area contributed by atoms with Gasteiger partial charge in [0.2, 0.25) is 0 Å². The van der Waals surface area contributed by atoms with Gasteiger partial charge >= 0.3 is 0 Å². The molecule has 0 N–H and O–H groups in total. The first-order valence-corrected chi connectivity index (χ1v) is 21.7. The molecule has 1 heteroatoms. The summed E-state index contributed by atoms with van der Waals surface area (Å²) in [6.45, 7) is 2.12. The van der Waals surface area contributed by atoms with E-state index in [1.807, 2.05) is 0 Å². The van der Waals surface area contributed by atoms with Crippen LogP contribution in [0.5, 0.6) is 0 Å². The lowest BCUT2D eigenvalue weighted by Crippen LogP contribution is -2.09. The lowest BCUT2D eigenvalue weighted by molar-refractivity contribution is 1.19. The van der Waals surface area contributed by atoms with Gasteiger partial charge in [-0.1, -0.05) is 236 Å². The Balaban J connectivity index is 0.000000174. The number of nitrogens with zero attached hydrogens (tertiary/aromatic N) is 1. The molecule has 0 unspecified atom stereocenters. The zero-order valence-corrected chi connectivity index (χ0v) is 35.6. The fraction of sp³-hybridized carbons (Fsp3) is 0.0323. The van der Waals surface area contributed by atoms with E-state index >= 15 is 0 Å². The molecule has 0 aliphatic heterocycles. The van der Waals surface area contributed by atoms with Gasteiger partial charge in [-0.3, -0.25) is 0 Å². The molecule has 63 heavy (non-hydrogen) atoms. The van der Waals surface area contributed by atoms with Gasteiger partial charge in [0, 0.05) is 17.1 Å². The molecule has 10 aromatic rings. The normalized spacial score (nSPS) is 10.7. The van der Waals surface area contributed by atoms with Crippen LogP contribution in [0.3, 0.4) is 0 Å². The fourth-order valence-electron chi connectivity index (χ4n) is 7.99. The molecule has 302 valence electrons. The molecule has 0 saturated carbocycles. The third-order valence-electron chi connectivity index (χ3n) is 11.5. The third kappa shape index (κ3) is 10.1. The zero-order chi connectivity index (χ0) is 42.6. The van der Waals surface area contributed by atoms with Gasteiger partial charge in [0.25, 0.3) is 0 Å². The minimum atomic E-state index is 0.962. The highest BCUT2D eigenvalue weighted by Crippen LogP contribution is 2.38. The SMILES string of the molecule is Cc1ccc(-c2ccc(N(c3ccc(-c4ccccc4)cc3)c3ccc(-c4ccccc4)cc3)cc2)cc1.c1ccc(-c2ccc(Cc3ccc(-c4ccccc4)cc3)cc2)cc1. The number of hydrogen-bond donors (Lipinski definition) is 0. The summed E-state index contributed by atoms with van der Waals surface area (Å²) in [6.07, 6.45) is 0.962. The van der Waals surface area contributed by atoms with Gasteiger partial charge < -0.3 is 4.90 Å². The van der Waals surface area contributed by atoms with E-state index in [2.05, 4.69) is 279 Å². The van der Waals surface area contributed by atoms with Gasteiger partial charge in [-0.15, -0.1) is 0 Å². The van der Waals surface area contributed by atoms with Gasteiger partial charge in [0.05, 0.1) is 0 Å². The van der Waals surface area contributed by atoms with Crippen LogP contribution in [0.25, 0.3) is 55.6 Å². The van der Waals surface area contributed by atoms with Crippen molar-refractivity contribution in [2.75, 3.05) is 4.90 Å². The summed E-state index contributed by atoms with van der Waals surface area (Å²) in [5.74, 6) is 0. The van der Waals surface area contributed by atoms with Gasteiger partial charge in [-0.2, -0.15) is 0 Å². The molecule has 0 amide bonds. The number of benzene rings is 10. The van der Waals surface area contributed by atoms with Gasteiger partial charge in [0.1, 0.15) is 0 Å². The molecule has 0 aliphatic rings. The number of hydrogen-bond acceptors (Lipinski definition) is 1. The lowest BCUT2D eigenvalue weighted by atomic mass is 9.98. The van der Waals surface area contributed by atoms with Crippen molar-refractivity contribution in [2.24, 2.45) is 0 Å². The Hall–Kier alpha value is -8.00. The van der Waals surface area contributed by atoms with Crippen molar-refractivity contribution in [2.45, 2.75) is 13.3 Å². The second-order valence-electron chi connectivity index (χ2n) is 15.9. The summed E-state index contributed by atoms with van der Waals surface area (Å²) >= 11 is 0. The largest absolute Gasteiger partial charge is 0.311 e. The van der Waals surface area contributed by atoms with Crippen molar-refractivity contribution in [1.29, 1.82) is 0 Å². The summed E-state index contributed by atoms with van der Waals surface area (Å²) < 4.78 is 0. The molecule has 0 spiro atoms. The monoisotopic (exact) mass is 807 g/mol. The van der Waals surface area contributed by atoms with Crippen molar-refractivity contribution >= 4 is 17.1 Å². The van der Waals surface area contributed by atoms with Crippen LogP contribution in [0, 0.1) is 6.92 Å². The summed E-state index contributed by atoms with van der Waals surface area (Å²) in [7, 11) is 0. The Morgan fingerprint density at radius 1 is 0.222 bits per heavy atom. The Bertz CT molecular complexity index is 2760. The second-order valence-corrected chi connectivity index (χ2v) is 15.9. The van der Waals surface area contributed by atoms with Crippen molar-refractivity contribution in [3.63, 3.8) is 0 Å². The van der Waals surface area contributed by atoms with E-state index in [4.69, 9.17) is 0 Å². The predicted molar refractivity (Wildman–Crippen MR) is 269 cm³/mol. The maximum Gasteiger partial charge on any atom is 0.0462 e. The van der Waals surface area contributed by atoms with Crippen LogP contribution in [0.15, 0.2) is 267 Å². The Morgan fingerprint density at radius 3 is 0.683 bits per heavy atom. The van der Waals surface area contributed by atoms with E-state index in [0.717, 1.165) is 23.5 Å². The molecule has 0 aliphatic carbocycles. The number of aryl methyl sites for hydroxylation is 1. The van der Waals surface area contributed by atoms with Crippen molar-refractivity contribution < 1.29 is 0 Å². The standard InChI is InChI=1S/C37H29N.C25H20/c1-28-12-14-31(15-13-28)34-20-26-37(27-21-34)38(35-22-16-32(17-23-35)29-8-4-2-5-9-29)36-24-18-33(19-25-36)30-10-6-3-7-11-30;1-3-7-22(8-4-1)24-15-11-20(12-16-24)19-21-13-17-25(18-14-21)23-9-5-2-6-10-23/h2-27H,1H3;1-18H,19H2. The molecule has 10 aromatic carbocycles. The molecule has 0 bridgehead atoms. The molecule has 0 saturated heterocycles. The highest BCUT2D eigenvalue weighted by atomic mass is 15.1. The first-order valence-electron chi connectivity index (χ1n) is 21.7. The second kappa shape index (κ2) is 19.6. The molecule has 0 heterocycles. The van der Waals surface area contributed by atoms with Gasteiger partial charge in [0.15, 0.2) is 0 Å². The van der Waals surface area contributed by atoms with E-state index < -0.39 is 0 Å². The first-order chi connectivity index (χ1) is 31.1. The molecule has 0 atom stereocenters. The molecule has 10 rings (SSSR count). The number of anilines is 3. The Labute approximate surface area is 372 Å². The molecule has 0 radical (unpaired) electrons. The van der Waals surface area contributed by atoms with E-state index in [1.165, 1.54) is 72.3 Å². The quantitative estimate of drug-likeness (QED) is 0.133. The van der Waals surface area contributed by atoms with E-state index in [1.54, 1.807) is 0 Å². The summed E-state index contributed by atoms with van der Waals surface area (Å²) in [4.78, 5) is 2.32. The van der Waals surface area contributed by atoms with Gasteiger partial charge in [-0.05, 0) is 117 Å². The molecular formula is C62H49N.